The van der Waals surface area contributed by atoms with E-state index in [2.05, 4.69) is 0 Å². The van der Waals surface area contributed by atoms with E-state index < -0.39 is 52.8 Å². The number of carboxylic acid groups (broad SMARTS) is 1. The van der Waals surface area contributed by atoms with Gasteiger partial charge in [-0.05, 0) is 72.9 Å². The van der Waals surface area contributed by atoms with Crippen molar-refractivity contribution in [2.45, 2.75) is 51.5 Å². The number of furan rings is 1. The van der Waals surface area contributed by atoms with E-state index in [0.717, 1.165) is 17.7 Å². The molecule has 4 aromatic rings. The second kappa shape index (κ2) is 13.1. The number of aliphatic hydroxyl groups is 1. The molecule has 0 saturated carbocycles. The first-order valence-corrected chi connectivity index (χ1v) is 14.7. The molecule has 0 bridgehead atoms. The third-order valence-electron chi connectivity index (χ3n) is 6.94. The summed E-state index contributed by atoms with van der Waals surface area (Å²) in [6, 6.07) is 14.7. The van der Waals surface area contributed by atoms with Gasteiger partial charge in [-0.3, -0.25) is 13.8 Å². The fourth-order valence-electron chi connectivity index (χ4n) is 5.03. The Kier molecular flexibility index (Phi) is 9.75. The summed E-state index contributed by atoms with van der Waals surface area (Å²) in [5, 5.41) is 18.6. The maximum Gasteiger partial charge on any atom is 0.449 e. The highest BCUT2D eigenvalue weighted by Gasteiger charge is 2.35. The number of aliphatic carboxylic acids is 1. The molecule has 3 aromatic carbocycles. The predicted octanol–water partition coefficient (Wildman–Crippen LogP) is 6.56. The van der Waals surface area contributed by atoms with Crippen molar-refractivity contribution in [3.8, 4) is 11.1 Å². The highest BCUT2D eigenvalue weighted by molar-refractivity contribution is 7.85. The number of halogens is 4. The molecule has 0 fully saturated rings. The van der Waals surface area contributed by atoms with Gasteiger partial charge in [-0.25, -0.2) is 4.39 Å². The molecule has 1 heterocycles. The monoisotopic (exact) mass is 631 g/mol. The van der Waals surface area contributed by atoms with E-state index in [1.807, 2.05) is 19.1 Å². The Balaban J connectivity index is 1.67. The lowest BCUT2D eigenvalue weighted by atomic mass is 9.98. The lowest BCUT2D eigenvalue weighted by Crippen LogP contribution is -2.31. The Morgan fingerprint density at radius 1 is 0.909 bits per heavy atom. The maximum absolute atomic E-state index is 14.8. The van der Waals surface area contributed by atoms with E-state index in [1.165, 1.54) is 17.0 Å². The third kappa shape index (κ3) is 7.43. The predicted molar refractivity (Wildman–Crippen MR) is 155 cm³/mol. The fourth-order valence-corrected chi connectivity index (χ4v) is 6.10. The molecule has 12 heteroatoms. The zero-order valence-corrected chi connectivity index (χ0v) is 24.8. The van der Waals surface area contributed by atoms with Crippen LogP contribution in [0.4, 0.5) is 17.6 Å². The molecule has 0 aliphatic carbocycles. The summed E-state index contributed by atoms with van der Waals surface area (Å²) in [6.07, 6.45) is -4.68. The van der Waals surface area contributed by atoms with Crippen molar-refractivity contribution in [1.29, 1.82) is 0 Å². The molecular formula is C32H29F4NO6S. The summed E-state index contributed by atoms with van der Waals surface area (Å²) in [5.41, 5.74) is 3.93. The first-order valence-electron chi connectivity index (χ1n) is 13.3. The Bertz CT molecular complexity index is 1710. The maximum atomic E-state index is 14.8. The van der Waals surface area contributed by atoms with Crippen molar-refractivity contribution < 1.29 is 46.0 Å². The average molecular weight is 632 g/mol. The molecule has 0 saturated heterocycles. The van der Waals surface area contributed by atoms with Crippen LogP contribution >= 0.6 is 0 Å². The van der Waals surface area contributed by atoms with Crippen LogP contribution < -0.4 is 0 Å². The summed E-state index contributed by atoms with van der Waals surface area (Å²) in [4.78, 5) is 26.1. The van der Waals surface area contributed by atoms with E-state index in [1.54, 1.807) is 38.1 Å². The summed E-state index contributed by atoms with van der Waals surface area (Å²) < 4.78 is 71.9. The van der Waals surface area contributed by atoms with Gasteiger partial charge >= 0.3 is 12.1 Å². The van der Waals surface area contributed by atoms with Gasteiger partial charge in [-0.2, -0.15) is 13.2 Å². The number of nitrogens with zero attached hydrogens (tertiary/aromatic N) is 1. The lowest BCUT2D eigenvalue weighted by molar-refractivity contribution is -0.153. The van der Waals surface area contributed by atoms with Crippen LogP contribution in [0.2, 0.25) is 0 Å². The Hall–Kier alpha value is -4.29. The standard InChI is InChI=1S/C32H29F4NO6S/c1-18-10-19(2)30(20(3)11-18)31(41)37(15-24-8-9-28(43-24)32(34,35)36)14-21-4-6-22(7-5-21)23-12-26(33)25(16-38)27(13-23)44(42)17-29(39)40/h4-13,38H,14-17H2,1-3H3,(H,39,40). The largest absolute Gasteiger partial charge is 0.481 e. The number of aliphatic hydroxyl groups excluding tert-OH is 1. The van der Waals surface area contributed by atoms with E-state index in [4.69, 9.17) is 9.52 Å². The van der Waals surface area contributed by atoms with Crippen LogP contribution in [0.25, 0.3) is 11.1 Å². The van der Waals surface area contributed by atoms with E-state index in [-0.39, 0.29) is 34.9 Å². The minimum atomic E-state index is -4.68. The normalized spacial score (nSPS) is 12.3. The van der Waals surface area contributed by atoms with Gasteiger partial charge in [0.25, 0.3) is 5.91 Å². The number of carboxylic acids is 1. The molecule has 2 N–H and O–H groups in total. The second-order valence-corrected chi connectivity index (χ2v) is 11.8. The summed E-state index contributed by atoms with van der Waals surface area (Å²) in [6.45, 7) is 4.46. The van der Waals surface area contributed by atoms with Gasteiger partial charge in [-0.15, -0.1) is 0 Å². The Labute approximate surface area is 253 Å². The molecule has 0 radical (unpaired) electrons. The van der Waals surface area contributed by atoms with Crippen molar-refractivity contribution in [2.24, 2.45) is 0 Å². The van der Waals surface area contributed by atoms with Gasteiger partial charge in [0.1, 0.15) is 17.3 Å². The summed E-state index contributed by atoms with van der Waals surface area (Å²) >= 11 is 0. The van der Waals surface area contributed by atoms with E-state index in [0.29, 0.717) is 27.8 Å². The SMILES string of the molecule is Cc1cc(C)c(C(=O)N(Cc2ccc(-c3cc(F)c(CO)c(S(=O)CC(=O)O)c3)cc2)Cc2ccc(C(F)(F)F)o2)c(C)c1. The molecule has 0 aliphatic rings. The van der Waals surface area contributed by atoms with Crippen LogP contribution in [0.1, 0.15) is 49.7 Å². The molecule has 44 heavy (non-hydrogen) atoms. The average Bonchev–Trinajstić information content (AvgIpc) is 3.41. The van der Waals surface area contributed by atoms with E-state index in [9.17, 15) is 36.5 Å². The Morgan fingerprint density at radius 3 is 2.09 bits per heavy atom. The van der Waals surface area contributed by atoms with Crippen molar-refractivity contribution >= 4 is 22.7 Å². The number of hydrogen-bond acceptors (Lipinski definition) is 5. The van der Waals surface area contributed by atoms with Crippen LogP contribution in [0, 0.1) is 26.6 Å². The van der Waals surface area contributed by atoms with Gasteiger partial charge in [0.15, 0.2) is 0 Å². The van der Waals surface area contributed by atoms with Crippen molar-refractivity contribution in [3.63, 3.8) is 0 Å². The number of alkyl halides is 3. The molecule has 1 aromatic heterocycles. The van der Waals surface area contributed by atoms with Gasteiger partial charge in [0.05, 0.1) is 24.0 Å². The Morgan fingerprint density at radius 2 is 1.55 bits per heavy atom. The van der Waals surface area contributed by atoms with Gasteiger partial charge < -0.3 is 19.5 Å². The number of rotatable bonds is 10. The first kappa shape index (κ1) is 32.6. The molecular weight excluding hydrogens is 602 g/mol. The van der Waals surface area contributed by atoms with Crippen molar-refractivity contribution in [1.82, 2.24) is 4.90 Å². The summed E-state index contributed by atoms with van der Waals surface area (Å²) in [7, 11) is -2.11. The van der Waals surface area contributed by atoms with Crippen LogP contribution in [0.5, 0.6) is 0 Å². The van der Waals surface area contributed by atoms with Gasteiger partial charge in [0.2, 0.25) is 5.76 Å². The van der Waals surface area contributed by atoms with Crippen LogP contribution in [0.3, 0.4) is 0 Å². The third-order valence-corrected chi connectivity index (χ3v) is 8.30. The number of carbonyl (C=O) groups excluding carboxylic acids is 1. The number of amides is 1. The van der Waals surface area contributed by atoms with Crippen LogP contribution in [-0.2, 0) is 41.5 Å². The summed E-state index contributed by atoms with van der Waals surface area (Å²) in [5.74, 6) is -4.58. The van der Waals surface area contributed by atoms with Crippen LogP contribution in [-0.4, -0.2) is 37.0 Å². The minimum absolute atomic E-state index is 0.000386. The molecule has 0 aliphatic heterocycles. The van der Waals surface area contributed by atoms with Crippen molar-refractivity contribution in [3.05, 3.63) is 111 Å². The fraction of sp³-hybridized carbons (Fsp3) is 0.250. The number of benzene rings is 3. The number of aryl methyl sites for hydroxylation is 3. The minimum Gasteiger partial charge on any atom is -0.481 e. The topological polar surface area (TPSA) is 108 Å². The molecule has 1 unspecified atom stereocenters. The smallest absolute Gasteiger partial charge is 0.449 e. The van der Waals surface area contributed by atoms with Crippen LogP contribution in [0.15, 0.2) is 70.0 Å². The molecule has 7 nitrogen and oxygen atoms in total. The molecule has 0 spiro atoms. The van der Waals surface area contributed by atoms with Gasteiger partial charge in [0, 0.05) is 22.6 Å². The lowest BCUT2D eigenvalue weighted by Gasteiger charge is -2.24. The second-order valence-electron chi connectivity index (χ2n) is 10.4. The first-order chi connectivity index (χ1) is 20.7. The van der Waals surface area contributed by atoms with Crippen molar-refractivity contribution in [2.75, 3.05) is 5.75 Å². The zero-order valence-electron chi connectivity index (χ0n) is 24.0. The highest BCUT2D eigenvalue weighted by Crippen LogP contribution is 2.32. The zero-order chi connectivity index (χ0) is 32.3. The highest BCUT2D eigenvalue weighted by atomic mass is 32.2. The molecule has 1 atom stereocenters. The molecule has 4 rings (SSSR count). The number of hydrogen-bond donors (Lipinski definition) is 2. The van der Waals surface area contributed by atoms with E-state index >= 15 is 0 Å². The number of carbonyl (C=O) groups is 2. The molecule has 232 valence electrons. The quantitative estimate of drug-likeness (QED) is 0.192. The molecule has 1 amide bonds. The van der Waals surface area contributed by atoms with Gasteiger partial charge in [-0.1, -0.05) is 42.0 Å².